The number of hydrogen-bond acceptors (Lipinski definition) is 5. The van der Waals surface area contributed by atoms with Gasteiger partial charge in [-0.2, -0.15) is 0 Å². The lowest BCUT2D eigenvalue weighted by atomic mass is 9.43. The maximum absolute atomic E-state index is 11.7. The Hall–Kier alpha value is -1.09. The van der Waals surface area contributed by atoms with Crippen molar-refractivity contribution < 1.29 is 22.5 Å². The van der Waals surface area contributed by atoms with E-state index in [1.54, 1.807) is 19.2 Å². The highest BCUT2D eigenvalue weighted by molar-refractivity contribution is 7.89. The average Bonchev–Trinajstić information content (AvgIpc) is 2.89. The fraction of sp³-hybridized carbons (Fsp3) is 0.667. The lowest BCUT2D eigenvalue weighted by Gasteiger charge is -2.64. The molecular formula is C18H26BNO5S. The van der Waals surface area contributed by atoms with E-state index in [1.807, 2.05) is 0 Å². The summed E-state index contributed by atoms with van der Waals surface area (Å²) in [7, 11) is -2.62. The largest absolute Gasteiger partial charge is 0.497 e. The van der Waals surface area contributed by atoms with Crippen LogP contribution in [0.5, 0.6) is 5.75 Å². The van der Waals surface area contributed by atoms with E-state index in [4.69, 9.17) is 19.2 Å². The topological polar surface area (TPSA) is 87.9 Å². The summed E-state index contributed by atoms with van der Waals surface area (Å²) in [5, 5.41) is 5.26. The van der Waals surface area contributed by atoms with Crippen molar-refractivity contribution in [3.8, 4) is 5.75 Å². The molecule has 3 aliphatic carbocycles. The summed E-state index contributed by atoms with van der Waals surface area (Å²) in [4.78, 5) is 0.0679. The zero-order valence-corrected chi connectivity index (χ0v) is 16.5. The number of nitrogens with two attached hydrogens (primary N) is 1. The molecule has 4 fully saturated rings. The first-order valence-corrected chi connectivity index (χ1v) is 10.6. The minimum Gasteiger partial charge on any atom is -0.497 e. The van der Waals surface area contributed by atoms with E-state index >= 15 is 0 Å². The Morgan fingerprint density at radius 2 is 2.04 bits per heavy atom. The molecule has 0 aromatic heterocycles. The first-order chi connectivity index (χ1) is 12.1. The SMILES string of the molecule is COc1ccc(S(N)(=O)=O)cc1CB1O[C@@H]2C[C@@H]3C[C@@H](C3(C)C)[C@]2(C)O1. The van der Waals surface area contributed by atoms with Crippen LogP contribution in [0.1, 0.15) is 39.2 Å². The van der Waals surface area contributed by atoms with Crippen LogP contribution >= 0.6 is 0 Å². The Morgan fingerprint density at radius 3 is 2.65 bits per heavy atom. The maximum atomic E-state index is 11.7. The molecule has 2 bridgehead atoms. The monoisotopic (exact) mass is 379 g/mol. The second kappa shape index (κ2) is 5.71. The molecule has 4 atom stereocenters. The van der Waals surface area contributed by atoms with Crippen molar-refractivity contribution in [1.29, 1.82) is 0 Å². The molecule has 2 N–H and O–H groups in total. The molecular weight excluding hydrogens is 353 g/mol. The molecule has 4 aliphatic rings. The highest BCUT2D eigenvalue weighted by Gasteiger charge is 2.67. The molecule has 5 rings (SSSR count). The molecule has 0 radical (unpaired) electrons. The van der Waals surface area contributed by atoms with Crippen LogP contribution in [0, 0.1) is 17.3 Å². The molecule has 142 valence electrons. The summed E-state index contributed by atoms with van der Waals surface area (Å²) < 4.78 is 41.4. The van der Waals surface area contributed by atoms with E-state index in [1.165, 1.54) is 12.5 Å². The van der Waals surface area contributed by atoms with Gasteiger partial charge in [-0.05, 0) is 60.8 Å². The summed E-state index contributed by atoms with van der Waals surface area (Å²) in [6, 6.07) is 4.63. The van der Waals surface area contributed by atoms with Gasteiger partial charge in [0.25, 0.3) is 0 Å². The number of methoxy groups -OCH3 is 1. The van der Waals surface area contributed by atoms with Gasteiger partial charge < -0.3 is 14.0 Å². The van der Waals surface area contributed by atoms with Crippen molar-refractivity contribution in [2.75, 3.05) is 7.11 Å². The normalized spacial score (nSPS) is 35.0. The Kier molecular flexibility index (Phi) is 4.01. The first-order valence-electron chi connectivity index (χ1n) is 9.08. The number of hydrogen-bond donors (Lipinski definition) is 1. The number of rotatable bonds is 4. The molecule has 0 spiro atoms. The summed E-state index contributed by atoms with van der Waals surface area (Å²) >= 11 is 0. The predicted octanol–water partition coefficient (Wildman–Crippen LogP) is 2.15. The van der Waals surface area contributed by atoms with Crippen molar-refractivity contribution in [3.05, 3.63) is 23.8 Å². The molecule has 1 aromatic rings. The Morgan fingerprint density at radius 1 is 1.31 bits per heavy atom. The molecule has 3 saturated carbocycles. The van der Waals surface area contributed by atoms with Crippen LogP contribution in [-0.2, 0) is 25.7 Å². The number of sulfonamides is 1. The van der Waals surface area contributed by atoms with Crippen LogP contribution in [0.2, 0.25) is 0 Å². The molecule has 26 heavy (non-hydrogen) atoms. The minimum atomic E-state index is -3.77. The van der Waals surface area contributed by atoms with Gasteiger partial charge in [0.05, 0.1) is 23.7 Å². The third-order valence-corrected chi connectivity index (χ3v) is 7.88. The highest BCUT2D eigenvalue weighted by atomic mass is 32.2. The molecule has 0 amide bonds. The number of primary sulfonamides is 1. The smallest absolute Gasteiger partial charge is 0.462 e. The summed E-state index contributed by atoms with van der Waals surface area (Å²) in [6.07, 6.45) is 2.73. The van der Waals surface area contributed by atoms with Gasteiger partial charge in [0.1, 0.15) is 5.75 Å². The third-order valence-electron chi connectivity index (χ3n) is 6.97. The van der Waals surface area contributed by atoms with Crippen LogP contribution in [0.4, 0.5) is 0 Å². The lowest BCUT2D eigenvalue weighted by Crippen LogP contribution is -2.65. The van der Waals surface area contributed by atoms with Gasteiger partial charge >= 0.3 is 7.12 Å². The molecule has 1 aliphatic heterocycles. The summed E-state index contributed by atoms with van der Waals surface area (Å²) in [5.74, 6) is 1.78. The van der Waals surface area contributed by atoms with Crippen LogP contribution in [0.25, 0.3) is 0 Å². The molecule has 1 aromatic carbocycles. The summed E-state index contributed by atoms with van der Waals surface area (Å²) in [6.45, 7) is 6.81. The standard InChI is InChI=1S/C18H26BNO5S/c1-17(2)12-8-15(17)18(3)16(9-12)24-19(25-18)10-11-7-13(26(20,21)22)5-6-14(11)23-4/h5-7,12,15-16H,8-10H2,1-4H3,(H2,20,21,22)/t12-,15-,16+,18-/m0/s1. The van der Waals surface area contributed by atoms with Crippen LogP contribution in [-0.4, -0.2) is 34.4 Å². The molecule has 6 nitrogen and oxygen atoms in total. The fourth-order valence-corrected chi connectivity index (χ4v) is 5.87. The zero-order chi connectivity index (χ0) is 18.9. The van der Waals surface area contributed by atoms with Crippen LogP contribution < -0.4 is 9.88 Å². The van der Waals surface area contributed by atoms with Gasteiger partial charge in [0.2, 0.25) is 10.0 Å². The predicted molar refractivity (Wildman–Crippen MR) is 98.2 cm³/mol. The lowest BCUT2D eigenvalue weighted by molar-refractivity contribution is -0.199. The van der Waals surface area contributed by atoms with Gasteiger partial charge in [0.15, 0.2) is 0 Å². The maximum Gasteiger partial charge on any atom is 0.462 e. The van der Waals surface area contributed by atoms with Crippen LogP contribution in [0.3, 0.4) is 0 Å². The molecule has 0 unspecified atom stereocenters. The Balaban J connectivity index is 1.58. The van der Waals surface area contributed by atoms with E-state index in [9.17, 15) is 8.42 Å². The van der Waals surface area contributed by atoms with Gasteiger partial charge in [0, 0.05) is 6.32 Å². The van der Waals surface area contributed by atoms with E-state index in [-0.39, 0.29) is 22.0 Å². The van der Waals surface area contributed by atoms with Gasteiger partial charge in [-0.25, -0.2) is 13.6 Å². The summed E-state index contributed by atoms with van der Waals surface area (Å²) in [5.41, 5.74) is 0.723. The number of ether oxygens (including phenoxy) is 1. The zero-order valence-electron chi connectivity index (χ0n) is 15.7. The van der Waals surface area contributed by atoms with E-state index < -0.39 is 17.1 Å². The van der Waals surface area contributed by atoms with Crippen molar-refractivity contribution in [2.45, 2.75) is 56.5 Å². The van der Waals surface area contributed by atoms with E-state index in [0.717, 1.165) is 12.0 Å². The average molecular weight is 379 g/mol. The van der Waals surface area contributed by atoms with Crippen molar-refractivity contribution in [1.82, 2.24) is 0 Å². The Bertz CT molecular complexity index is 842. The van der Waals surface area contributed by atoms with E-state index in [0.29, 0.717) is 23.9 Å². The molecule has 1 saturated heterocycles. The quantitative estimate of drug-likeness (QED) is 0.810. The van der Waals surface area contributed by atoms with Crippen molar-refractivity contribution in [3.63, 3.8) is 0 Å². The minimum absolute atomic E-state index is 0.0679. The first kappa shape index (κ1) is 18.3. The van der Waals surface area contributed by atoms with E-state index in [2.05, 4.69) is 20.8 Å². The van der Waals surface area contributed by atoms with Crippen molar-refractivity contribution in [2.24, 2.45) is 22.4 Å². The van der Waals surface area contributed by atoms with Gasteiger partial charge in [-0.1, -0.05) is 13.8 Å². The van der Waals surface area contributed by atoms with Gasteiger partial charge in [-0.15, -0.1) is 0 Å². The molecule has 8 heteroatoms. The second-order valence-electron chi connectivity index (χ2n) is 8.62. The fourth-order valence-electron chi connectivity index (χ4n) is 5.31. The van der Waals surface area contributed by atoms with Gasteiger partial charge in [-0.3, -0.25) is 0 Å². The van der Waals surface area contributed by atoms with Crippen LogP contribution in [0.15, 0.2) is 23.1 Å². The highest BCUT2D eigenvalue weighted by Crippen LogP contribution is 2.65. The third kappa shape index (κ3) is 2.61. The van der Waals surface area contributed by atoms with Crippen molar-refractivity contribution >= 4 is 17.1 Å². The second-order valence-corrected chi connectivity index (χ2v) is 10.2. The number of benzene rings is 1. The molecule has 1 heterocycles. The Labute approximate surface area is 155 Å².